The lowest BCUT2D eigenvalue weighted by molar-refractivity contribution is 0.474. The number of aliphatic imine (C=N–C) groups is 1. The van der Waals surface area contributed by atoms with E-state index in [2.05, 4.69) is 19.9 Å². The zero-order valence-corrected chi connectivity index (χ0v) is 14.8. The van der Waals surface area contributed by atoms with Crippen LogP contribution in [-0.2, 0) is 10.0 Å². The van der Waals surface area contributed by atoms with Crippen LogP contribution in [0.3, 0.4) is 0 Å². The van der Waals surface area contributed by atoms with Crippen molar-refractivity contribution in [3.05, 3.63) is 71.4 Å². The SMILES string of the molecule is O=S(=O)(Nc1ccc(Cl)nn1)c1ccc(N=Cc2ccccc2O)cc1. The molecule has 0 unspecified atom stereocenters. The maximum absolute atomic E-state index is 12.3. The van der Waals surface area contributed by atoms with Crippen molar-refractivity contribution < 1.29 is 13.5 Å². The van der Waals surface area contributed by atoms with E-state index in [0.717, 1.165) is 0 Å². The molecular formula is C17H13ClN4O3S. The van der Waals surface area contributed by atoms with Gasteiger partial charge in [-0.3, -0.25) is 9.71 Å². The monoisotopic (exact) mass is 388 g/mol. The minimum absolute atomic E-state index is 0.0516. The Bertz CT molecular complexity index is 1040. The molecule has 3 aromatic rings. The summed E-state index contributed by atoms with van der Waals surface area (Å²) in [6.45, 7) is 0. The number of sulfonamides is 1. The van der Waals surface area contributed by atoms with Crippen molar-refractivity contribution in [3.8, 4) is 5.75 Å². The van der Waals surface area contributed by atoms with E-state index in [4.69, 9.17) is 11.6 Å². The molecule has 0 aliphatic carbocycles. The number of hydrogen-bond donors (Lipinski definition) is 2. The first-order valence-electron chi connectivity index (χ1n) is 7.38. The van der Waals surface area contributed by atoms with Crippen molar-refractivity contribution in [2.24, 2.45) is 4.99 Å². The van der Waals surface area contributed by atoms with Crippen LogP contribution in [0.2, 0.25) is 5.15 Å². The molecule has 132 valence electrons. The molecule has 7 nitrogen and oxygen atoms in total. The third-order valence-corrected chi connectivity index (χ3v) is 4.88. The summed E-state index contributed by atoms with van der Waals surface area (Å²) in [6, 6.07) is 15.6. The molecular weight excluding hydrogens is 376 g/mol. The van der Waals surface area contributed by atoms with Crippen molar-refractivity contribution in [1.29, 1.82) is 0 Å². The summed E-state index contributed by atoms with van der Waals surface area (Å²) < 4.78 is 27.0. The van der Waals surface area contributed by atoms with E-state index in [-0.39, 0.29) is 21.6 Å². The third kappa shape index (κ3) is 4.35. The lowest BCUT2D eigenvalue weighted by atomic mass is 10.2. The van der Waals surface area contributed by atoms with Gasteiger partial charge in [0.15, 0.2) is 11.0 Å². The first-order chi connectivity index (χ1) is 12.4. The number of hydrogen-bond acceptors (Lipinski definition) is 6. The van der Waals surface area contributed by atoms with Crippen LogP contribution < -0.4 is 4.72 Å². The van der Waals surface area contributed by atoms with E-state index < -0.39 is 10.0 Å². The summed E-state index contributed by atoms with van der Waals surface area (Å²) in [5.74, 6) is 0.180. The lowest BCUT2D eigenvalue weighted by Crippen LogP contribution is -2.14. The number of benzene rings is 2. The van der Waals surface area contributed by atoms with Gasteiger partial charge < -0.3 is 5.11 Å². The minimum atomic E-state index is -3.80. The van der Waals surface area contributed by atoms with Crippen molar-refractivity contribution in [3.63, 3.8) is 0 Å². The standard InChI is InChI=1S/C17H13ClN4O3S/c18-16-9-10-17(21-20-16)22-26(24,25)14-7-5-13(6-8-14)19-11-12-3-1-2-4-15(12)23/h1-11,23H,(H,21,22). The van der Waals surface area contributed by atoms with E-state index in [1.807, 2.05) is 0 Å². The number of aromatic nitrogens is 2. The molecule has 2 N–H and O–H groups in total. The first kappa shape index (κ1) is 17.8. The number of phenols is 1. The fourth-order valence-electron chi connectivity index (χ4n) is 2.02. The smallest absolute Gasteiger partial charge is 0.263 e. The van der Waals surface area contributed by atoms with E-state index in [0.29, 0.717) is 11.3 Å². The molecule has 0 saturated heterocycles. The number of aromatic hydroxyl groups is 1. The predicted octanol–water partition coefficient (Wildman–Crippen LogP) is 3.39. The summed E-state index contributed by atoms with van der Waals surface area (Å²) in [6.07, 6.45) is 1.50. The zero-order valence-electron chi connectivity index (χ0n) is 13.2. The Kier molecular flexibility index (Phi) is 5.15. The summed E-state index contributed by atoms with van der Waals surface area (Å²) in [5, 5.41) is 17.1. The van der Waals surface area contributed by atoms with E-state index in [9.17, 15) is 13.5 Å². The Hall–Kier alpha value is -2.97. The number of nitrogens with one attached hydrogen (secondary N) is 1. The second kappa shape index (κ2) is 7.51. The van der Waals surface area contributed by atoms with Gasteiger partial charge in [0.05, 0.1) is 10.6 Å². The number of halogens is 1. The van der Waals surface area contributed by atoms with Gasteiger partial charge in [0.1, 0.15) is 5.75 Å². The molecule has 1 aromatic heterocycles. The maximum Gasteiger partial charge on any atom is 0.263 e. The van der Waals surface area contributed by atoms with Crippen LogP contribution in [0.4, 0.5) is 11.5 Å². The van der Waals surface area contributed by atoms with Gasteiger partial charge >= 0.3 is 0 Å². The highest BCUT2D eigenvalue weighted by molar-refractivity contribution is 7.92. The molecule has 0 spiro atoms. The second-order valence-corrected chi connectivity index (χ2v) is 7.23. The molecule has 0 amide bonds. The largest absolute Gasteiger partial charge is 0.507 e. The quantitative estimate of drug-likeness (QED) is 0.652. The molecule has 0 atom stereocenters. The average Bonchev–Trinajstić information content (AvgIpc) is 2.63. The molecule has 0 aliphatic rings. The summed E-state index contributed by atoms with van der Waals surface area (Å²) in [4.78, 5) is 4.27. The van der Waals surface area contributed by atoms with Gasteiger partial charge in [-0.05, 0) is 48.5 Å². The molecule has 3 rings (SSSR count). The Morgan fingerprint density at radius 1 is 1.00 bits per heavy atom. The van der Waals surface area contributed by atoms with E-state index in [1.165, 1.54) is 30.5 Å². The van der Waals surface area contributed by atoms with Gasteiger partial charge in [0.2, 0.25) is 0 Å². The van der Waals surface area contributed by atoms with Crippen molar-refractivity contribution in [2.75, 3.05) is 4.72 Å². The first-order valence-corrected chi connectivity index (χ1v) is 9.24. The fraction of sp³-hybridized carbons (Fsp3) is 0. The van der Waals surface area contributed by atoms with Gasteiger partial charge in [-0.15, -0.1) is 10.2 Å². The molecule has 0 radical (unpaired) electrons. The van der Waals surface area contributed by atoms with Gasteiger partial charge in [-0.2, -0.15) is 0 Å². The minimum Gasteiger partial charge on any atom is -0.507 e. The Labute approximate surface area is 155 Å². The highest BCUT2D eigenvalue weighted by Crippen LogP contribution is 2.20. The Morgan fingerprint density at radius 3 is 2.38 bits per heavy atom. The van der Waals surface area contributed by atoms with E-state index >= 15 is 0 Å². The normalized spacial score (nSPS) is 11.6. The van der Waals surface area contributed by atoms with Crippen LogP contribution in [0.25, 0.3) is 0 Å². The predicted molar refractivity (Wildman–Crippen MR) is 99.7 cm³/mol. The molecule has 26 heavy (non-hydrogen) atoms. The lowest BCUT2D eigenvalue weighted by Gasteiger charge is -2.06. The van der Waals surface area contributed by atoms with Crippen LogP contribution in [-0.4, -0.2) is 29.9 Å². The van der Waals surface area contributed by atoms with Crippen LogP contribution in [0.5, 0.6) is 5.75 Å². The molecule has 0 bridgehead atoms. The third-order valence-electron chi connectivity index (χ3n) is 3.31. The Morgan fingerprint density at radius 2 is 1.73 bits per heavy atom. The second-order valence-electron chi connectivity index (χ2n) is 5.16. The molecule has 0 saturated carbocycles. The molecule has 1 heterocycles. The topological polar surface area (TPSA) is 105 Å². The Balaban J connectivity index is 1.76. The molecule has 0 aliphatic heterocycles. The maximum atomic E-state index is 12.3. The molecule has 0 fully saturated rings. The number of phenolic OH excluding ortho intramolecular Hbond substituents is 1. The number of para-hydroxylation sites is 1. The number of nitrogens with zero attached hydrogens (tertiary/aromatic N) is 3. The van der Waals surface area contributed by atoms with Gasteiger partial charge in [0, 0.05) is 11.8 Å². The fourth-order valence-corrected chi connectivity index (χ4v) is 3.12. The van der Waals surface area contributed by atoms with Gasteiger partial charge in [-0.25, -0.2) is 8.42 Å². The highest BCUT2D eigenvalue weighted by atomic mass is 35.5. The van der Waals surface area contributed by atoms with Crippen molar-refractivity contribution >= 4 is 39.3 Å². The highest BCUT2D eigenvalue weighted by Gasteiger charge is 2.14. The van der Waals surface area contributed by atoms with Gasteiger partial charge in [-0.1, -0.05) is 23.7 Å². The van der Waals surface area contributed by atoms with Crippen LogP contribution in [0.1, 0.15) is 5.56 Å². The van der Waals surface area contributed by atoms with Crippen LogP contribution >= 0.6 is 11.6 Å². The number of rotatable bonds is 5. The number of anilines is 1. The molecule has 9 heteroatoms. The van der Waals surface area contributed by atoms with Crippen LogP contribution in [0.15, 0.2) is 70.6 Å². The summed E-state index contributed by atoms with van der Waals surface area (Å²) in [5.41, 5.74) is 1.10. The van der Waals surface area contributed by atoms with Crippen LogP contribution in [0, 0.1) is 0 Å². The molecule has 2 aromatic carbocycles. The van der Waals surface area contributed by atoms with E-state index in [1.54, 1.807) is 36.4 Å². The summed E-state index contributed by atoms with van der Waals surface area (Å²) in [7, 11) is -3.80. The van der Waals surface area contributed by atoms with Crippen molar-refractivity contribution in [2.45, 2.75) is 4.90 Å². The zero-order chi connectivity index (χ0) is 18.6. The summed E-state index contributed by atoms with van der Waals surface area (Å²) >= 11 is 5.62. The van der Waals surface area contributed by atoms with Crippen molar-refractivity contribution in [1.82, 2.24) is 10.2 Å². The van der Waals surface area contributed by atoms with Gasteiger partial charge in [0.25, 0.3) is 10.0 Å². The average molecular weight is 389 g/mol.